The Morgan fingerprint density at radius 3 is 2.59 bits per heavy atom. The Hall–Kier alpha value is -2.10. The molecular formula is C13H17N3O. The van der Waals surface area contributed by atoms with Crippen molar-refractivity contribution in [1.29, 1.82) is 0 Å². The van der Waals surface area contributed by atoms with Gasteiger partial charge in [0.2, 0.25) is 0 Å². The van der Waals surface area contributed by atoms with Crippen LogP contribution in [-0.4, -0.2) is 28.9 Å². The highest BCUT2D eigenvalue weighted by Gasteiger charge is 2.16. The molecule has 0 aromatic carbocycles. The Bertz CT molecular complexity index is 430. The number of hydrogen-bond donors (Lipinski definition) is 1. The fourth-order valence-electron chi connectivity index (χ4n) is 1.49. The molecule has 0 aliphatic carbocycles. The van der Waals surface area contributed by atoms with Crippen molar-refractivity contribution in [3.63, 3.8) is 0 Å². The molecule has 1 rings (SSSR count). The van der Waals surface area contributed by atoms with Crippen molar-refractivity contribution < 1.29 is 4.79 Å². The standard InChI is InChI=1S/C13H17N3O/c1-4-6-16(7-5-2)13(17)12-8-11(14)9-15-10(12)3/h4-5,8-9H,1-2,6-7,14H2,3H3. The molecule has 0 saturated heterocycles. The highest BCUT2D eigenvalue weighted by molar-refractivity contribution is 5.96. The van der Waals surface area contributed by atoms with Gasteiger partial charge in [-0.2, -0.15) is 0 Å². The molecule has 1 aromatic rings. The van der Waals surface area contributed by atoms with Crippen LogP contribution in [0.25, 0.3) is 0 Å². The van der Waals surface area contributed by atoms with Gasteiger partial charge in [0.05, 0.1) is 23.1 Å². The van der Waals surface area contributed by atoms with Crippen molar-refractivity contribution in [1.82, 2.24) is 9.88 Å². The van der Waals surface area contributed by atoms with Crippen LogP contribution < -0.4 is 5.73 Å². The van der Waals surface area contributed by atoms with Gasteiger partial charge >= 0.3 is 0 Å². The molecule has 90 valence electrons. The second-order valence-corrected chi connectivity index (χ2v) is 3.69. The number of rotatable bonds is 5. The largest absolute Gasteiger partial charge is 0.397 e. The van der Waals surface area contributed by atoms with Crippen molar-refractivity contribution in [3.05, 3.63) is 48.8 Å². The number of carbonyl (C=O) groups is 1. The average Bonchev–Trinajstić information content (AvgIpc) is 2.31. The van der Waals surface area contributed by atoms with Crippen LogP contribution in [0, 0.1) is 6.92 Å². The van der Waals surface area contributed by atoms with E-state index in [2.05, 4.69) is 18.1 Å². The second kappa shape index (κ2) is 5.84. The summed E-state index contributed by atoms with van der Waals surface area (Å²) in [6.07, 6.45) is 4.89. The van der Waals surface area contributed by atoms with Gasteiger partial charge in [-0.15, -0.1) is 13.2 Å². The van der Waals surface area contributed by atoms with E-state index in [4.69, 9.17) is 5.73 Å². The summed E-state index contributed by atoms with van der Waals surface area (Å²) < 4.78 is 0. The highest BCUT2D eigenvalue weighted by atomic mass is 16.2. The van der Waals surface area contributed by atoms with E-state index in [0.29, 0.717) is 30.0 Å². The molecule has 0 unspecified atom stereocenters. The third kappa shape index (κ3) is 3.17. The van der Waals surface area contributed by atoms with Crippen LogP contribution in [0.15, 0.2) is 37.6 Å². The molecule has 4 nitrogen and oxygen atoms in total. The summed E-state index contributed by atoms with van der Waals surface area (Å²) in [4.78, 5) is 17.9. The van der Waals surface area contributed by atoms with Crippen molar-refractivity contribution in [2.45, 2.75) is 6.92 Å². The summed E-state index contributed by atoms with van der Waals surface area (Å²) in [5.74, 6) is -0.109. The highest BCUT2D eigenvalue weighted by Crippen LogP contribution is 2.12. The maximum atomic E-state index is 12.2. The Morgan fingerprint density at radius 1 is 1.47 bits per heavy atom. The zero-order chi connectivity index (χ0) is 12.8. The fraction of sp³-hybridized carbons (Fsp3) is 0.231. The zero-order valence-corrected chi connectivity index (χ0v) is 10.0. The van der Waals surface area contributed by atoms with E-state index >= 15 is 0 Å². The quantitative estimate of drug-likeness (QED) is 0.786. The molecule has 0 saturated carbocycles. The third-order valence-corrected chi connectivity index (χ3v) is 2.32. The number of nitrogen functional groups attached to an aromatic ring is 1. The lowest BCUT2D eigenvalue weighted by atomic mass is 10.1. The minimum absolute atomic E-state index is 0.109. The van der Waals surface area contributed by atoms with Gasteiger partial charge in [-0.05, 0) is 13.0 Å². The molecule has 1 aromatic heterocycles. The SMILES string of the molecule is C=CCN(CC=C)C(=O)c1cc(N)cnc1C. The first-order valence-electron chi connectivity index (χ1n) is 5.33. The fourth-order valence-corrected chi connectivity index (χ4v) is 1.49. The monoisotopic (exact) mass is 231 g/mol. The first-order chi connectivity index (χ1) is 8.10. The number of nitrogens with zero attached hydrogens (tertiary/aromatic N) is 2. The number of carbonyl (C=O) groups excluding carboxylic acids is 1. The molecule has 0 atom stereocenters. The Kier molecular flexibility index (Phi) is 4.46. The van der Waals surface area contributed by atoms with Crippen LogP contribution in [0.4, 0.5) is 5.69 Å². The van der Waals surface area contributed by atoms with Gasteiger partial charge in [0.25, 0.3) is 5.91 Å². The minimum Gasteiger partial charge on any atom is -0.397 e. The molecule has 0 radical (unpaired) electrons. The van der Waals surface area contributed by atoms with E-state index in [1.807, 2.05) is 0 Å². The van der Waals surface area contributed by atoms with Gasteiger partial charge in [-0.1, -0.05) is 12.2 Å². The van der Waals surface area contributed by atoms with Crippen molar-refractivity contribution in [3.8, 4) is 0 Å². The number of hydrogen-bond acceptors (Lipinski definition) is 3. The molecule has 0 fully saturated rings. The Balaban J connectivity index is 3.03. The molecule has 0 bridgehead atoms. The molecule has 4 heteroatoms. The number of aromatic nitrogens is 1. The molecule has 0 aliphatic heterocycles. The summed E-state index contributed by atoms with van der Waals surface area (Å²) in [5, 5.41) is 0. The summed E-state index contributed by atoms with van der Waals surface area (Å²) in [7, 11) is 0. The van der Waals surface area contributed by atoms with Crippen LogP contribution in [0.1, 0.15) is 16.1 Å². The van der Waals surface area contributed by atoms with E-state index in [1.54, 1.807) is 30.0 Å². The molecule has 0 aliphatic rings. The first-order valence-corrected chi connectivity index (χ1v) is 5.33. The van der Waals surface area contributed by atoms with Gasteiger partial charge in [-0.3, -0.25) is 9.78 Å². The van der Waals surface area contributed by atoms with Gasteiger partial charge in [0, 0.05) is 13.1 Å². The maximum absolute atomic E-state index is 12.2. The average molecular weight is 231 g/mol. The lowest BCUT2D eigenvalue weighted by Gasteiger charge is -2.20. The van der Waals surface area contributed by atoms with Crippen LogP contribution in [-0.2, 0) is 0 Å². The molecule has 1 amide bonds. The predicted octanol–water partition coefficient (Wildman–Crippen LogP) is 1.79. The molecular weight excluding hydrogens is 214 g/mol. The van der Waals surface area contributed by atoms with Crippen molar-refractivity contribution in [2.75, 3.05) is 18.8 Å². The predicted molar refractivity (Wildman–Crippen MR) is 69.7 cm³/mol. The number of anilines is 1. The lowest BCUT2D eigenvalue weighted by molar-refractivity contribution is 0.0789. The van der Waals surface area contributed by atoms with Gasteiger partial charge < -0.3 is 10.6 Å². The van der Waals surface area contributed by atoms with E-state index < -0.39 is 0 Å². The number of amides is 1. The zero-order valence-electron chi connectivity index (χ0n) is 10.0. The minimum atomic E-state index is -0.109. The number of nitrogens with two attached hydrogens (primary N) is 1. The maximum Gasteiger partial charge on any atom is 0.256 e. The normalized spacial score (nSPS) is 9.71. The second-order valence-electron chi connectivity index (χ2n) is 3.69. The molecule has 1 heterocycles. The van der Waals surface area contributed by atoms with E-state index in [9.17, 15) is 4.79 Å². The van der Waals surface area contributed by atoms with Crippen molar-refractivity contribution >= 4 is 11.6 Å². The third-order valence-electron chi connectivity index (χ3n) is 2.32. The van der Waals surface area contributed by atoms with Gasteiger partial charge in [0.1, 0.15) is 0 Å². The summed E-state index contributed by atoms with van der Waals surface area (Å²) in [6.45, 7) is 9.99. The topological polar surface area (TPSA) is 59.2 Å². The van der Waals surface area contributed by atoms with E-state index in [-0.39, 0.29) is 5.91 Å². The Labute approximate surface area is 101 Å². The van der Waals surface area contributed by atoms with E-state index in [1.165, 1.54) is 6.20 Å². The molecule has 2 N–H and O–H groups in total. The molecule has 17 heavy (non-hydrogen) atoms. The summed E-state index contributed by atoms with van der Waals surface area (Å²) in [5.41, 5.74) is 7.31. The summed E-state index contributed by atoms with van der Waals surface area (Å²) in [6, 6.07) is 1.64. The number of pyridine rings is 1. The van der Waals surface area contributed by atoms with Crippen LogP contribution in [0.3, 0.4) is 0 Å². The Morgan fingerprint density at radius 2 is 2.06 bits per heavy atom. The smallest absolute Gasteiger partial charge is 0.256 e. The van der Waals surface area contributed by atoms with Crippen LogP contribution >= 0.6 is 0 Å². The van der Waals surface area contributed by atoms with Gasteiger partial charge in [0.15, 0.2) is 0 Å². The van der Waals surface area contributed by atoms with Gasteiger partial charge in [-0.25, -0.2) is 0 Å². The summed E-state index contributed by atoms with van der Waals surface area (Å²) >= 11 is 0. The van der Waals surface area contributed by atoms with Crippen LogP contribution in [0.5, 0.6) is 0 Å². The van der Waals surface area contributed by atoms with Crippen molar-refractivity contribution in [2.24, 2.45) is 0 Å². The molecule has 0 spiro atoms. The van der Waals surface area contributed by atoms with Crippen LogP contribution in [0.2, 0.25) is 0 Å². The number of aryl methyl sites for hydroxylation is 1. The van der Waals surface area contributed by atoms with E-state index in [0.717, 1.165) is 0 Å². The lowest BCUT2D eigenvalue weighted by Crippen LogP contribution is -2.32. The first kappa shape index (κ1) is 13.0.